The van der Waals surface area contributed by atoms with Crippen LogP contribution >= 0.6 is 0 Å². The maximum absolute atomic E-state index is 5.19. The normalized spacial score (nSPS) is 12.3. The van der Waals surface area contributed by atoms with Crippen LogP contribution in [0.4, 0.5) is 5.69 Å². The Morgan fingerprint density at radius 1 is 1.39 bits per heavy atom. The molecule has 0 aliphatic heterocycles. The third-order valence-corrected chi connectivity index (χ3v) is 2.73. The molecule has 2 rings (SSSR count). The standard InChI is InChI=1S/C13H18N4O/c1-3-11(10-18-2)16-12-6-4-7-14-13(12)17-9-5-8-15-17/h4-9,11,16H,3,10H2,1-2H3. The highest BCUT2D eigenvalue weighted by Crippen LogP contribution is 2.17. The molecule has 2 aromatic heterocycles. The van der Waals surface area contributed by atoms with Gasteiger partial charge in [0, 0.05) is 31.7 Å². The van der Waals surface area contributed by atoms with Crippen LogP contribution in [0, 0.1) is 0 Å². The summed E-state index contributed by atoms with van der Waals surface area (Å²) in [7, 11) is 1.71. The number of methoxy groups -OCH3 is 1. The van der Waals surface area contributed by atoms with E-state index in [1.54, 1.807) is 24.2 Å². The number of nitrogens with one attached hydrogen (secondary N) is 1. The fourth-order valence-electron chi connectivity index (χ4n) is 1.77. The lowest BCUT2D eigenvalue weighted by Gasteiger charge is -2.19. The van der Waals surface area contributed by atoms with Crippen molar-refractivity contribution in [3.05, 3.63) is 36.8 Å². The van der Waals surface area contributed by atoms with Crippen LogP contribution in [0.2, 0.25) is 0 Å². The molecule has 5 heteroatoms. The monoisotopic (exact) mass is 246 g/mol. The molecule has 1 atom stereocenters. The molecule has 0 aliphatic rings. The molecule has 1 N–H and O–H groups in total. The van der Waals surface area contributed by atoms with Gasteiger partial charge in [0.15, 0.2) is 5.82 Å². The molecule has 2 aromatic rings. The van der Waals surface area contributed by atoms with E-state index in [0.717, 1.165) is 17.9 Å². The van der Waals surface area contributed by atoms with Gasteiger partial charge in [0.25, 0.3) is 0 Å². The van der Waals surface area contributed by atoms with Crippen LogP contribution in [0.1, 0.15) is 13.3 Å². The lowest BCUT2D eigenvalue weighted by Crippen LogP contribution is -2.24. The first-order valence-electron chi connectivity index (χ1n) is 6.05. The number of aromatic nitrogens is 3. The van der Waals surface area contributed by atoms with Gasteiger partial charge < -0.3 is 10.1 Å². The fourth-order valence-corrected chi connectivity index (χ4v) is 1.77. The van der Waals surface area contributed by atoms with E-state index in [9.17, 15) is 0 Å². The molecule has 0 aromatic carbocycles. The molecule has 0 bridgehead atoms. The van der Waals surface area contributed by atoms with Gasteiger partial charge in [-0.25, -0.2) is 9.67 Å². The zero-order chi connectivity index (χ0) is 12.8. The fraction of sp³-hybridized carbons (Fsp3) is 0.385. The van der Waals surface area contributed by atoms with Crippen LogP contribution in [0.25, 0.3) is 5.82 Å². The Labute approximate surface area is 107 Å². The first-order chi connectivity index (χ1) is 8.85. The van der Waals surface area contributed by atoms with Gasteiger partial charge in [0.1, 0.15) is 0 Å². The van der Waals surface area contributed by atoms with E-state index in [4.69, 9.17) is 4.74 Å². The average Bonchev–Trinajstić information content (AvgIpc) is 2.92. The molecule has 0 aliphatic carbocycles. The largest absolute Gasteiger partial charge is 0.383 e. The van der Waals surface area contributed by atoms with E-state index in [2.05, 4.69) is 22.3 Å². The molecule has 0 spiro atoms. The number of anilines is 1. The van der Waals surface area contributed by atoms with Crippen LogP contribution in [-0.2, 0) is 4.74 Å². The van der Waals surface area contributed by atoms with Gasteiger partial charge in [-0.15, -0.1) is 0 Å². The second-order valence-corrected chi connectivity index (χ2v) is 4.03. The van der Waals surface area contributed by atoms with E-state index in [0.29, 0.717) is 6.61 Å². The number of hydrogen-bond donors (Lipinski definition) is 1. The minimum Gasteiger partial charge on any atom is -0.383 e. The molecule has 0 fully saturated rings. The van der Waals surface area contributed by atoms with Crippen molar-refractivity contribution in [2.75, 3.05) is 19.0 Å². The molecule has 5 nitrogen and oxygen atoms in total. The van der Waals surface area contributed by atoms with Gasteiger partial charge in [0.05, 0.1) is 12.3 Å². The van der Waals surface area contributed by atoms with E-state index in [1.807, 2.05) is 24.4 Å². The summed E-state index contributed by atoms with van der Waals surface area (Å²) in [6, 6.07) is 6.07. The molecule has 0 amide bonds. The Hall–Kier alpha value is -1.88. The summed E-state index contributed by atoms with van der Waals surface area (Å²) >= 11 is 0. The molecule has 18 heavy (non-hydrogen) atoms. The lowest BCUT2D eigenvalue weighted by molar-refractivity contribution is 0.184. The number of hydrogen-bond acceptors (Lipinski definition) is 4. The summed E-state index contributed by atoms with van der Waals surface area (Å²) in [6.07, 6.45) is 6.37. The molecular weight excluding hydrogens is 228 g/mol. The third-order valence-electron chi connectivity index (χ3n) is 2.73. The predicted octanol–water partition coefficient (Wildman–Crippen LogP) is 2.10. The summed E-state index contributed by atoms with van der Waals surface area (Å²) in [4.78, 5) is 4.37. The van der Waals surface area contributed by atoms with E-state index in [-0.39, 0.29) is 6.04 Å². The van der Waals surface area contributed by atoms with Gasteiger partial charge in [-0.1, -0.05) is 6.92 Å². The molecule has 0 saturated carbocycles. The van der Waals surface area contributed by atoms with Crippen LogP contribution in [0.15, 0.2) is 36.8 Å². The third kappa shape index (κ3) is 2.87. The second kappa shape index (κ2) is 6.16. The molecule has 0 saturated heterocycles. The van der Waals surface area contributed by atoms with Gasteiger partial charge in [-0.05, 0) is 24.6 Å². The molecule has 2 heterocycles. The van der Waals surface area contributed by atoms with Crippen molar-refractivity contribution in [3.8, 4) is 5.82 Å². The summed E-state index contributed by atoms with van der Waals surface area (Å²) in [6.45, 7) is 2.80. The summed E-state index contributed by atoms with van der Waals surface area (Å²) in [5.41, 5.74) is 0.963. The van der Waals surface area contributed by atoms with E-state index in [1.165, 1.54) is 0 Å². The summed E-state index contributed by atoms with van der Waals surface area (Å²) < 4.78 is 6.94. The van der Waals surface area contributed by atoms with Crippen LogP contribution in [-0.4, -0.2) is 34.5 Å². The first kappa shape index (κ1) is 12.6. The van der Waals surface area contributed by atoms with Crippen LogP contribution in [0.3, 0.4) is 0 Å². The minimum absolute atomic E-state index is 0.272. The highest BCUT2D eigenvalue weighted by atomic mass is 16.5. The van der Waals surface area contributed by atoms with Crippen molar-refractivity contribution in [2.45, 2.75) is 19.4 Å². The van der Waals surface area contributed by atoms with Crippen LogP contribution in [0.5, 0.6) is 0 Å². The molecule has 0 radical (unpaired) electrons. The SMILES string of the molecule is CCC(COC)Nc1cccnc1-n1cccn1. The molecule has 96 valence electrons. The Morgan fingerprint density at radius 2 is 2.28 bits per heavy atom. The summed E-state index contributed by atoms with van der Waals surface area (Å²) in [5, 5.41) is 7.65. The van der Waals surface area contributed by atoms with Crippen LogP contribution < -0.4 is 5.32 Å². The Balaban J connectivity index is 2.22. The number of pyridine rings is 1. The predicted molar refractivity (Wildman–Crippen MR) is 70.9 cm³/mol. The first-order valence-corrected chi connectivity index (χ1v) is 6.05. The topological polar surface area (TPSA) is 52.0 Å². The van der Waals surface area contributed by atoms with E-state index >= 15 is 0 Å². The minimum atomic E-state index is 0.272. The Morgan fingerprint density at radius 3 is 2.94 bits per heavy atom. The van der Waals surface area contributed by atoms with Crippen molar-refractivity contribution in [3.63, 3.8) is 0 Å². The number of ether oxygens (including phenoxy) is 1. The molecule has 1 unspecified atom stereocenters. The Bertz CT molecular complexity index is 470. The average molecular weight is 246 g/mol. The Kier molecular flexibility index (Phi) is 4.30. The smallest absolute Gasteiger partial charge is 0.176 e. The van der Waals surface area contributed by atoms with Crippen molar-refractivity contribution >= 4 is 5.69 Å². The maximum atomic E-state index is 5.19. The maximum Gasteiger partial charge on any atom is 0.176 e. The quantitative estimate of drug-likeness (QED) is 0.848. The number of nitrogens with zero attached hydrogens (tertiary/aromatic N) is 3. The highest BCUT2D eigenvalue weighted by Gasteiger charge is 2.10. The van der Waals surface area contributed by atoms with Crippen molar-refractivity contribution < 1.29 is 4.74 Å². The van der Waals surface area contributed by atoms with Crippen molar-refractivity contribution in [1.82, 2.24) is 14.8 Å². The van der Waals surface area contributed by atoms with Crippen molar-refractivity contribution in [1.29, 1.82) is 0 Å². The van der Waals surface area contributed by atoms with Gasteiger partial charge in [0.2, 0.25) is 0 Å². The number of rotatable bonds is 6. The van der Waals surface area contributed by atoms with Gasteiger partial charge in [-0.2, -0.15) is 5.10 Å². The highest BCUT2D eigenvalue weighted by molar-refractivity contribution is 5.56. The van der Waals surface area contributed by atoms with Gasteiger partial charge >= 0.3 is 0 Å². The zero-order valence-electron chi connectivity index (χ0n) is 10.7. The lowest BCUT2D eigenvalue weighted by atomic mass is 10.2. The second-order valence-electron chi connectivity index (χ2n) is 4.03. The van der Waals surface area contributed by atoms with E-state index < -0.39 is 0 Å². The van der Waals surface area contributed by atoms with Crippen molar-refractivity contribution in [2.24, 2.45) is 0 Å². The summed E-state index contributed by atoms with van der Waals surface area (Å²) in [5.74, 6) is 0.803. The van der Waals surface area contributed by atoms with Gasteiger partial charge in [-0.3, -0.25) is 0 Å². The zero-order valence-corrected chi connectivity index (χ0v) is 10.7. The molecular formula is C13H18N4O.